The molecule has 96 valence electrons. The summed E-state index contributed by atoms with van der Waals surface area (Å²) in [7, 11) is -3.52. The highest BCUT2D eigenvalue weighted by Crippen LogP contribution is 2.22. The topological polar surface area (TPSA) is 72.0 Å². The van der Waals surface area contributed by atoms with Crippen molar-refractivity contribution in [3.63, 3.8) is 0 Å². The smallest absolute Gasteiger partial charge is 0.231 e. The van der Waals surface area contributed by atoms with Crippen LogP contribution >= 0.6 is 23.2 Å². The van der Waals surface area contributed by atoms with Crippen LogP contribution in [0.2, 0.25) is 10.3 Å². The van der Waals surface area contributed by atoms with Crippen molar-refractivity contribution in [1.29, 1.82) is 0 Å². The number of hydrogen-bond donors (Lipinski definition) is 1. The molecule has 0 aliphatic heterocycles. The van der Waals surface area contributed by atoms with Crippen LogP contribution < -0.4 is 4.72 Å². The fourth-order valence-corrected chi connectivity index (χ4v) is 2.76. The third kappa shape index (κ3) is 2.56. The molecule has 2 rings (SSSR count). The Morgan fingerprint density at radius 3 is 2.39 bits per heavy atom. The lowest BCUT2D eigenvalue weighted by Crippen LogP contribution is -2.23. The van der Waals surface area contributed by atoms with Gasteiger partial charge in [0.2, 0.25) is 10.0 Å². The van der Waals surface area contributed by atoms with Crippen LogP contribution in [0.1, 0.15) is 6.92 Å². The highest BCUT2D eigenvalue weighted by atomic mass is 35.5. The number of benzene rings is 1. The lowest BCUT2D eigenvalue weighted by molar-refractivity contribution is 0.584. The van der Waals surface area contributed by atoms with Crippen molar-refractivity contribution in [2.75, 3.05) is 6.54 Å². The summed E-state index contributed by atoms with van der Waals surface area (Å²) in [4.78, 5) is 8.10. The third-order valence-electron chi connectivity index (χ3n) is 2.20. The van der Waals surface area contributed by atoms with Crippen molar-refractivity contribution in [3.8, 4) is 0 Å². The van der Waals surface area contributed by atoms with E-state index in [1.807, 2.05) is 0 Å². The van der Waals surface area contributed by atoms with Crippen LogP contribution in [0.5, 0.6) is 0 Å². The number of rotatable bonds is 3. The average molecular weight is 306 g/mol. The SMILES string of the molecule is CCNS(=O)(=O)c1ccc2nc(Cl)c(Cl)nc2c1. The third-order valence-corrected chi connectivity index (χ3v) is 4.37. The van der Waals surface area contributed by atoms with E-state index in [1.54, 1.807) is 6.92 Å². The van der Waals surface area contributed by atoms with Gasteiger partial charge in [-0.05, 0) is 18.2 Å². The summed E-state index contributed by atoms with van der Waals surface area (Å²) >= 11 is 11.5. The van der Waals surface area contributed by atoms with E-state index < -0.39 is 10.0 Å². The second kappa shape index (κ2) is 4.97. The van der Waals surface area contributed by atoms with Crippen molar-refractivity contribution in [2.24, 2.45) is 0 Å². The minimum Gasteiger partial charge on any atom is -0.231 e. The quantitative estimate of drug-likeness (QED) is 0.944. The molecule has 0 bridgehead atoms. The number of fused-ring (bicyclic) bond motifs is 1. The van der Waals surface area contributed by atoms with Gasteiger partial charge in [-0.3, -0.25) is 0 Å². The van der Waals surface area contributed by atoms with E-state index in [2.05, 4.69) is 14.7 Å². The number of nitrogens with one attached hydrogen (secondary N) is 1. The highest BCUT2D eigenvalue weighted by Gasteiger charge is 2.14. The molecule has 0 aliphatic carbocycles. The van der Waals surface area contributed by atoms with Gasteiger partial charge in [0.1, 0.15) is 0 Å². The average Bonchev–Trinajstić information content (AvgIpc) is 2.30. The van der Waals surface area contributed by atoms with Crippen LogP contribution in [0.4, 0.5) is 0 Å². The maximum atomic E-state index is 11.8. The maximum Gasteiger partial charge on any atom is 0.240 e. The van der Waals surface area contributed by atoms with Gasteiger partial charge in [0.25, 0.3) is 0 Å². The van der Waals surface area contributed by atoms with E-state index in [9.17, 15) is 8.42 Å². The van der Waals surface area contributed by atoms with Crippen molar-refractivity contribution >= 4 is 44.3 Å². The number of halogens is 2. The zero-order valence-electron chi connectivity index (χ0n) is 9.31. The second-order valence-electron chi connectivity index (χ2n) is 3.46. The second-order valence-corrected chi connectivity index (χ2v) is 5.94. The molecule has 18 heavy (non-hydrogen) atoms. The van der Waals surface area contributed by atoms with Gasteiger partial charge in [-0.25, -0.2) is 23.1 Å². The summed E-state index contributed by atoms with van der Waals surface area (Å²) in [5.41, 5.74) is 0.864. The molecule has 1 heterocycles. The van der Waals surface area contributed by atoms with Gasteiger partial charge in [-0.15, -0.1) is 0 Å². The molecule has 8 heteroatoms. The summed E-state index contributed by atoms with van der Waals surface area (Å²) in [6.07, 6.45) is 0. The van der Waals surface area contributed by atoms with E-state index >= 15 is 0 Å². The molecule has 0 amide bonds. The Labute approximate surface area is 114 Å². The van der Waals surface area contributed by atoms with Gasteiger partial charge in [-0.1, -0.05) is 30.1 Å². The van der Waals surface area contributed by atoms with Gasteiger partial charge in [0, 0.05) is 6.54 Å². The molecule has 0 saturated carbocycles. The monoisotopic (exact) mass is 305 g/mol. The van der Waals surface area contributed by atoms with Gasteiger partial charge in [0.15, 0.2) is 10.3 Å². The molecule has 0 fully saturated rings. The van der Waals surface area contributed by atoms with Crippen LogP contribution in [0.3, 0.4) is 0 Å². The molecule has 1 aromatic carbocycles. The van der Waals surface area contributed by atoms with Crippen LogP contribution in [0.15, 0.2) is 23.1 Å². The summed E-state index contributed by atoms with van der Waals surface area (Å²) in [6.45, 7) is 2.02. The normalized spacial score (nSPS) is 11.9. The molecule has 0 atom stereocenters. The predicted octanol–water partition coefficient (Wildman–Crippen LogP) is 2.23. The Morgan fingerprint density at radius 2 is 1.78 bits per heavy atom. The number of aromatic nitrogens is 2. The summed E-state index contributed by atoms with van der Waals surface area (Å²) < 4.78 is 26.0. The van der Waals surface area contributed by atoms with Crippen LogP contribution in [0, 0.1) is 0 Å². The fraction of sp³-hybridized carbons (Fsp3) is 0.200. The molecule has 0 unspecified atom stereocenters. The Hall–Kier alpha value is -0.950. The van der Waals surface area contributed by atoms with Gasteiger partial charge < -0.3 is 0 Å². The molecule has 5 nitrogen and oxygen atoms in total. The molecule has 1 aromatic heterocycles. The van der Waals surface area contributed by atoms with Gasteiger partial charge >= 0.3 is 0 Å². The Kier molecular flexibility index (Phi) is 3.72. The first-order valence-corrected chi connectivity index (χ1v) is 7.30. The number of sulfonamides is 1. The molecular formula is C10H9Cl2N3O2S. The van der Waals surface area contributed by atoms with E-state index in [0.29, 0.717) is 17.6 Å². The number of nitrogens with zero attached hydrogens (tertiary/aromatic N) is 2. The highest BCUT2D eigenvalue weighted by molar-refractivity contribution is 7.89. The number of hydrogen-bond acceptors (Lipinski definition) is 4. The minimum atomic E-state index is -3.52. The van der Waals surface area contributed by atoms with Crippen molar-refractivity contribution in [3.05, 3.63) is 28.5 Å². The molecule has 2 aromatic rings. The Bertz CT molecular complexity index is 704. The van der Waals surface area contributed by atoms with Crippen molar-refractivity contribution in [2.45, 2.75) is 11.8 Å². The Morgan fingerprint density at radius 1 is 1.17 bits per heavy atom. The zero-order chi connectivity index (χ0) is 13.3. The van der Waals surface area contributed by atoms with Gasteiger partial charge in [-0.2, -0.15) is 0 Å². The molecule has 0 spiro atoms. The Balaban J connectivity index is 2.61. The first kappa shape index (κ1) is 13.5. The summed E-state index contributed by atoms with van der Waals surface area (Å²) in [5, 5.41) is 0.133. The van der Waals surface area contributed by atoms with Crippen LogP contribution in [-0.4, -0.2) is 24.9 Å². The molecular weight excluding hydrogens is 297 g/mol. The largest absolute Gasteiger partial charge is 0.240 e. The zero-order valence-corrected chi connectivity index (χ0v) is 11.6. The molecule has 0 aliphatic rings. The first-order chi connectivity index (χ1) is 8.44. The minimum absolute atomic E-state index is 0.0437. The fourth-order valence-electron chi connectivity index (χ4n) is 1.43. The van der Waals surface area contributed by atoms with Gasteiger partial charge in [0.05, 0.1) is 15.9 Å². The molecule has 1 N–H and O–H groups in total. The van der Waals surface area contributed by atoms with E-state index in [0.717, 1.165) is 0 Å². The summed E-state index contributed by atoms with van der Waals surface area (Å²) in [5.74, 6) is 0. The standard InChI is InChI=1S/C10H9Cl2N3O2S/c1-2-13-18(16,17)6-3-4-7-8(5-6)15-10(12)9(11)14-7/h3-5,13H,2H2,1H3. The maximum absolute atomic E-state index is 11.8. The van der Waals surface area contributed by atoms with Crippen molar-refractivity contribution in [1.82, 2.24) is 14.7 Å². The van der Waals surface area contributed by atoms with E-state index in [-0.39, 0.29) is 15.2 Å². The van der Waals surface area contributed by atoms with Crippen LogP contribution in [-0.2, 0) is 10.0 Å². The lowest BCUT2D eigenvalue weighted by atomic mass is 10.3. The van der Waals surface area contributed by atoms with E-state index in [4.69, 9.17) is 23.2 Å². The molecule has 0 saturated heterocycles. The van der Waals surface area contributed by atoms with Crippen molar-refractivity contribution < 1.29 is 8.42 Å². The molecule has 0 radical (unpaired) electrons. The van der Waals surface area contributed by atoms with E-state index in [1.165, 1.54) is 18.2 Å². The van der Waals surface area contributed by atoms with Crippen LogP contribution in [0.25, 0.3) is 11.0 Å². The first-order valence-electron chi connectivity index (χ1n) is 5.06. The summed E-state index contributed by atoms with van der Waals surface area (Å²) in [6, 6.07) is 4.39. The predicted molar refractivity (Wildman–Crippen MR) is 70.4 cm³/mol. The lowest BCUT2D eigenvalue weighted by Gasteiger charge is -2.05.